The van der Waals surface area contributed by atoms with E-state index in [2.05, 4.69) is 15.1 Å². The second-order valence-electron chi connectivity index (χ2n) is 5.95. The van der Waals surface area contributed by atoms with Gasteiger partial charge in [0, 0.05) is 36.8 Å². The zero-order valence-corrected chi connectivity index (χ0v) is 15.2. The summed E-state index contributed by atoms with van der Waals surface area (Å²) in [5.41, 5.74) is 2.63. The van der Waals surface area contributed by atoms with Gasteiger partial charge in [0.15, 0.2) is 11.6 Å². The fraction of sp³-hybridized carbons (Fsp3) is 0.167. The minimum Gasteiger partial charge on any atom is -0.495 e. The Morgan fingerprint density at radius 1 is 1.27 bits per heavy atom. The number of ether oxygens (including phenoxy) is 1. The van der Waals surface area contributed by atoms with Crippen LogP contribution in [-0.4, -0.2) is 31.3 Å². The number of hydrogen-bond acceptors (Lipinski definition) is 4. The van der Waals surface area contributed by atoms with Gasteiger partial charge in [-0.05, 0) is 18.6 Å². The van der Waals surface area contributed by atoms with Gasteiger partial charge >= 0.3 is 0 Å². The molecular weight excluding hydrogens is 354 g/mol. The molecule has 1 N–H and O–H groups in total. The van der Waals surface area contributed by atoms with Gasteiger partial charge in [0.1, 0.15) is 11.3 Å². The summed E-state index contributed by atoms with van der Waals surface area (Å²) in [6.45, 7) is 1.87. The van der Waals surface area contributed by atoms with Crippen LogP contribution < -0.4 is 10.3 Å². The first-order chi connectivity index (χ1) is 12.5. The zero-order chi connectivity index (χ0) is 18.4. The Kier molecular flexibility index (Phi) is 3.81. The lowest BCUT2D eigenvalue weighted by molar-refractivity contribution is 0.415. The topological polar surface area (TPSA) is 77.2 Å². The van der Waals surface area contributed by atoms with Crippen molar-refractivity contribution in [3.05, 3.63) is 57.7 Å². The van der Waals surface area contributed by atoms with E-state index in [-0.39, 0.29) is 5.56 Å². The lowest BCUT2D eigenvalue weighted by Gasteiger charge is -2.07. The van der Waals surface area contributed by atoms with Crippen LogP contribution in [0, 0.1) is 6.92 Å². The highest BCUT2D eigenvalue weighted by atomic mass is 35.5. The first kappa shape index (κ1) is 16.4. The van der Waals surface area contributed by atoms with Gasteiger partial charge in [0.25, 0.3) is 5.56 Å². The SMILES string of the molecule is COc1cccc(-c2cn3nc(-c4nccn4C)[nH]c(=O)c3c2C)c1Cl. The highest BCUT2D eigenvalue weighted by Crippen LogP contribution is 2.37. The highest BCUT2D eigenvalue weighted by molar-refractivity contribution is 6.34. The van der Waals surface area contributed by atoms with Gasteiger partial charge in [0.2, 0.25) is 0 Å². The monoisotopic (exact) mass is 369 g/mol. The summed E-state index contributed by atoms with van der Waals surface area (Å²) in [6.07, 6.45) is 5.25. The lowest BCUT2D eigenvalue weighted by atomic mass is 10.0. The average molecular weight is 370 g/mol. The molecule has 0 aliphatic rings. The van der Waals surface area contributed by atoms with Gasteiger partial charge in [-0.25, -0.2) is 9.50 Å². The maximum Gasteiger partial charge on any atom is 0.275 e. The number of H-pyrrole nitrogens is 1. The number of halogens is 1. The first-order valence-corrected chi connectivity index (χ1v) is 8.32. The summed E-state index contributed by atoms with van der Waals surface area (Å²) in [5.74, 6) is 1.55. The number of nitrogens with one attached hydrogen (secondary N) is 1. The second-order valence-corrected chi connectivity index (χ2v) is 6.33. The van der Waals surface area contributed by atoms with Crippen molar-refractivity contribution in [1.82, 2.24) is 24.1 Å². The Balaban J connectivity index is 1.97. The van der Waals surface area contributed by atoms with Crippen LogP contribution in [-0.2, 0) is 7.05 Å². The van der Waals surface area contributed by atoms with E-state index >= 15 is 0 Å². The van der Waals surface area contributed by atoms with Gasteiger partial charge in [0.05, 0.1) is 12.1 Å². The molecule has 4 rings (SSSR count). The van der Waals surface area contributed by atoms with E-state index in [4.69, 9.17) is 16.3 Å². The molecule has 0 atom stereocenters. The van der Waals surface area contributed by atoms with Crippen molar-refractivity contribution in [2.45, 2.75) is 6.92 Å². The maximum atomic E-state index is 12.7. The van der Waals surface area contributed by atoms with Gasteiger partial charge in [-0.2, -0.15) is 0 Å². The van der Waals surface area contributed by atoms with Crippen LogP contribution in [0.1, 0.15) is 5.56 Å². The minimum atomic E-state index is -0.235. The Hall–Kier alpha value is -3.06. The first-order valence-electron chi connectivity index (χ1n) is 7.94. The Bertz CT molecular complexity index is 1190. The number of fused-ring (bicyclic) bond motifs is 1. The molecule has 7 nitrogen and oxygen atoms in total. The van der Waals surface area contributed by atoms with Crippen molar-refractivity contribution in [3.63, 3.8) is 0 Å². The number of aryl methyl sites for hydroxylation is 2. The number of methoxy groups -OCH3 is 1. The van der Waals surface area contributed by atoms with E-state index in [1.54, 1.807) is 40.8 Å². The van der Waals surface area contributed by atoms with Crippen LogP contribution in [0.25, 0.3) is 28.3 Å². The van der Waals surface area contributed by atoms with Crippen molar-refractivity contribution >= 4 is 17.1 Å². The lowest BCUT2D eigenvalue weighted by Crippen LogP contribution is -2.15. The third kappa shape index (κ3) is 2.40. The highest BCUT2D eigenvalue weighted by Gasteiger charge is 2.18. The molecule has 0 amide bonds. The molecule has 0 radical (unpaired) electrons. The second kappa shape index (κ2) is 6.03. The third-order valence-electron chi connectivity index (χ3n) is 4.40. The number of imidazole rings is 1. The Labute approximate surface area is 153 Å². The van der Waals surface area contributed by atoms with Crippen molar-refractivity contribution in [2.75, 3.05) is 7.11 Å². The molecule has 0 aliphatic heterocycles. The molecule has 8 heteroatoms. The molecule has 0 unspecified atom stereocenters. The molecule has 4 aromatic rings. The molecule has 132 valence electrons. The summed E-state index contributed by atoms with van der Waals surface area (Å²) in [4.78, 5) is 19.7. The van der Waals surface area contributed by atoms with Crippen LogP contribution >= 0.6 is 11.6 Å². The predicted octanol–water partition coefficient (Wildman–Crippen LogP) is 3.06. The number of rotatable bonds is 3. The molecule has 3 heterocycles. The van der Waals surface area contributed by atoms with Crippen LogP contribution in [0.4, 0.5) is 0 Å². The maximum absolute atomic E-state index is 12.7. The summed E-state index contributed by atoms with van der Waals surface area (Å²) in [5, 5.41) is 5.02. The fourth-order valence-corrected chi connectivity index (χ4v) is 3.38. The van der Waals surface area contributed by atoms with Crippen molar-refractivity contribution in [3.8, 4) is 28.5 Å². The standard InChI is InChI=1S/C18H16ClN5O2/c1-10-12(11-5-4-6-13(26-3)14(11)19)9-24-15(10)18(25)21-16(22-24)17-20-7-8-23(17)2/h4-9H,1-3H3,(H,21,22,25). The fourth-order valence-electron chi connectivity index (χ4n) is 3.08. The Morgan fingerprint density at radius 2 is 2.08 bits per heavy atom. The molecule has 0 saturated heterocycles. The van der Waals surface area contributed by atoms with E-state index in [0.717, 1.165) is 16.7 Å². The molecule has 0 fully saturated rings. The Morgan fingerprint density at radius 3 is 2.77 bits per heavy atom. The average Bonchev–Trinajstić information content (AvgIpc) is 3.19. The normalized spacial score (nSPS) is 11.2. The molecule has 3 aromatic heterocycles. The molecular formula is C18H16ClN5O2. The molecule has 0 bridgehead atoms. The van der Waals surface area contributed by atoms with Gasteiger partial charge in [-0.15, -0.1) is 5.10 Å². The number of aromatic amines is 1. The molecule has 0 spiro atoms. The van der Waals surface area contributed by atoms with Crippen molar-refractivity contribution < 1.29 is 4.74 Å². The number of hydrogen-bond donors (Lipinski definition) is 1. The molecule has 0 aliphatic carbocycles. The van der Waals surface area contributed by atoms with Crippen molar-refractivity contribution in [2.24, 2.45) is 7.05 Å². The van der Waals surface area contributed by atoms with E-state index in [1.165, 1.54) is 0 Å². The van der Waals surface area contributed by atoms with Crippen LogP contribution in [0.5, 0.6) is 5.75 Å². The van der Waals surface area contributed by atoms with E-state index in [9.17, 15) is 4.79 Å². The smallest absolute Gasteiger partial charge is 0.275 e. The van der Waals surface area contributed by atoms with E-state index in [1.807, 2.05) is 26.1 Å². The molecule has 26 heavy (non-hydrogen) atoms. The summed E-state index contributed by atoms with van der Waals surface area (Å²) in [6, 6.07) is 5.54. The number of nitrogens with zero attached hydrogens (tertiary/aromatic N) is 4. The van der Waals surface area contributed by atoms with Gasteiger partial charge in [-0.3, -0.25) is 4.79 Å². The summed E-state index contributed by atoms with van der Waals surface area (Å²) >= 11 is 6.46. The molecule has 1 aromatic carbocycles. The van der Waals surface area contributed by atoms with Crippen LogP contribution in [0.2, 0.25) is 5.02 Å². The van der Waals surface area contributed by atoms with Gasteiger partial charge < -0.3 is 14.3 Å². The quantitative estimate of drug-likeness (QED) is 0.602. The van der Waals surface area contributed by atoms with Crippen LogP contribution in [0.3, 0.4) is 0 Å². The predicted molar refractivity (Wildman–Crippen MR) is 99.7 cm³/mol. The van der Waals surface area contributed by atoms with E-state index < -0.39 is 0 Å². The van der Waals surface area contributed by atoms with Crippen LogP contribution in [0.15, 0.2) is 41.6 Å². The third-order valence-corrected chi connectivity index (χ3v) is 4.79. The van der Waals surface area contributed by atoms with Crippen molar-refractivity contribution in [1.29, 1.82) is 0 Å². The molecule has 0 saturated carbocycles. The summed E-state index contributed by atoms with van der Waals surface area (Å²) < 4.78 is 8.66. The van der Waals surface area contributed by atoms with Gasteiger partial charge in [-0.1, -0.05) is 23.7 Å². The minimum absolute atomic E-state index is 0.235. The zero-order valence-electron chi connectivity index (χ0n) is 14.4. The summed E-state index contributed by atoms with van der Waals surface area (Å²) in [7, 11) is 3.41. The number of aromatic nitrogens is 5. The largest absolute Gasteiger partial charge is 0.495 e. The number of benzene rings is 1. The van der Waals surface area contributed by atoms with E-state index in [0.29, 0.717) is 27.9 Å².